The van der Waals surface area contributed by atoms with E-state index in [0.717, 1.165) is 0 Å². The second kappa shape index (κ2) is 9.70. The molecular weight excluding hydrogens is 345 g/mol. The first-order valence-corrected chi connectivity index (χ1v) is 9.96. The van der Waals surface area contributed by atoms with Gasteiger partial charge in [-0.2, -0.15) is 0 Å². The van der Waals surface area contributed by atoms with Gasteiger partial charge in [0.05, 0.1) is 19.4 Å². The number of aliphatic carboxylic acids is 1. The molecule has 1 rings (SSSR count). The Kier molecular flexibility index (Phi) is 8.29. The molecule has 1 aromatic carbocycles. The molecule has 8 heteroatoms. The number of carbonyl (C=O) groups excluding carboxylic acids is 1. The molecule has 25 heavy (non-hydrogen) atoms. The minimum Gasteiger partial charge on any atom is -0.480 e. The summed E-state index contributed by atoms with van der Waals surface area (Å²) >= 11 is 0. The van der Waals surface area contributed by atoms with Crippen LogP contribution in [0.4, 0.5) is 0 Å². The van der Waals surface area contributed by atoms with Crippen LogP contribution in [0.15, 0.2) is 24.3 Å². The molecule has 0 aliphatic heterocycles. The molecule has 0 bridgehead atoms. The smallest absolute Gasteiger partial charge is 0.335 e. The Labute approximate surface area is 148 Å². The van der Waals surface area contributed by atoms with E-state index in [1.165, 1.54) is 0 Å². The number of hydrogen-bond acceptors (Lipinski definition) is 5. The average Bonchev–Trinajstić information content (AvgIpc) is 2.52. The summed E-state index contributed by atoms with van der Waals surface area (Å²) < 4.78 is 23.0. The van der Waals surface area contributed by atoms with Crippen molar-refractivity contribution >= 4 is 19.5 Å². The van der Waals surface area contributed by atoms with Gasteiger partial charge in [0.1, 0.15) is 6.04 Å². The molecule has 0 saturated heterocycles. The van der Waals surface area contributed by atoms with Gasteiger partial charge in [-0.3, -0.25) is 9.36 Å². The van der Waals surface area contributed by atoms with Gasteiger partial charge >= 0.3 is 13.6 Å². The number of nitrogens with one attached hydrogen (secondary N) is 1. The summed E-state index contributed by atoms with van der Waals surface area (Å²) in [6.45, 7) is 7.49. The number of benzene rings is 1. The number of hydrogen-bond donors (Lipinski definition) is 2. The summed E-state index contributed by atoms with van der Waals surface area (Å²) in [7, 11) is -3.21. The Balaban J connectivity index is 2.83. The first-order chi connectivity index (χ1) is 11.7. The summed E-state index contributed by atoms with van der Waals surface area (Å²) in [6, 6.07) is 5.48. The normalized spacial score (nSPS) is 12.8. The fourth-order valence-electron chi connectivity index (χ4n) is 2.25. The monoisotopic (exact) mass is 371 g/mol. The molecule has 0 radical (unpaired) electrons. The maximum atomic E-state index is 12.5. The van der Waals surface area contributed by atoms with Crippen LogP contribution in [-0.2, 0) is 24.6 Å². The van der Waals surface area contributed by atoms with Gasteiger partial charge in [-0.25, -0.2) is 4.79 Å². The van der Waals surface area contributed by atoms with Crippen LogP contribution in [-0.4, -0.2) is 36.2 Å². The van der Waals surface area contributed by atoms with Crippen molar-refractivity contribution in [3.8, 4) is 0 Å². The Bertz CT molecular complexity index is 619. The highest BCUT2D eigenvalue weighted by molar-refractivity contribution is 7.53. The Morgan fingerprint density at radius 3 is 2.04 bits per heavy atom. The lowest BCUT2D eigenvalue weighted by Gasteiger charge is -2.18. The molecule has 7 nitrogen and oxygen atoms in total. The van der Waals surface area contributed by atoms with Crippen molar-refractivity contribution in [2.75, 3.05) is 13.2 Å². The number of carbonyl (C=O) groups is 2. The first-order valence-electron chi connectivity index (χ1n) is 8.23. The van der Waals surface area contributed by atoms with Crippen molar-refractivity contribution in [3.63, 3.8) is 0 Å². The SMILES string of the molecule is CCOP(=O)(Cc1ccc(C(=O)N[C@H](C(=O)O)C(C)C)cc1)OCC. The molecule has 1 amide bonds. The molecule has 0 aromatic heterocycles. The van der Waals surface area contributed by atoms with Gasteiger partial charge in [0.2, 0.25) is 0 Å². The maximum absolute atomic E-state index is 12.5. The Morgan fingerprint density at radius 1 is 1.12 bits per heavy atom. The summed E-state index contributed by atoms with van der Waals surface area (Å²) in [5.41, 5.74) is 1.04. The molecule has 1 atom stereocenters. The summed E-state index contributed by atoms with van der Waals surface area (Å²) in [5.74, 6) is -1.77. The van der Waals surface area contributed by atoms with Gasteiger partial charge in [0.25, 0.3) is 5.91 Å². The number of rotatable bonds is 10. The standard InChI is InChI=1S/C17H26NO6P/c1-5-23-25(22,24-6-2)11-13-7-9-14(10-8-13)16(19)18-15(12(3)4)17(20)21/h7-10,12,15H,5-6,11H2,1-4H3,(H,18,19)(H,20,21)/t15-/m0/s1. The second-order valence-corrected chi connectivity index (χ2v) is 7.89. The second-order valence-electron chi connectivity index (χ2n) is 5.83. The fourth-order valence-corrected chi connectivity index (χ4v) is 3.95. The van der Waals surface area contributed by atoms with Crippen LogP contribution in [0, 0.1) is 5.92 Å². The Hall–Kier alpha value is -1.69. The van der Waals surface area contributed by atoms with Crippen LogP contribution in [0.2, 0.25) is 0 Å². The summed E-state index contributed by atoms with van der Waals surface area (Å²) in [4.78, 5) is 23.4. The van der Waals surface area contributed by atoms with Crippen molar-refractivity contribution in [3.05, 3.63) is 35.4 Å². The van der Waals surface area contributed by atoms with Gasteiger partial charge in [0.15, 0.2) is 0 Å². The minimum absolute atomic E-state index is 0.111. The van der Waals surface area contributed by atoms with Crippen LogP contribution in [0.5, 0.6) is 0 Å². The summed E-state index contributed by atoms with van der Waals surface area (Å²) in [6.07, 6.45) is 0.111. The lowest BCUT2D eigenvalue weighted by Crippen LogP contribution is -2.44. The van der Waals surface area contributed by atoms with E-state index in [1.807, 2.05) is 0 Å². The van der Waals surface area contributed by atoms with Gasteiger partial charge in [-0.05, 0) is 37.5 Å². The largest absolute Gasteiger partial charge is 0.480 e. The zero-order valence-electron chi connectivity index (χ0n) is 15.0. The lowest BCUT2D eigenvalue weighted by molar-refractivity contribution is -0.140. The summed E-state index contributed by atoms with van der Waals surface area (Å²) in [5, 5.41) is 11.6. The van der Waals surface area contributed by atoms with Crippen molar-refractivity contribution in [1.29, 1.82) is 0 Å². The van der Waals surface area contributed by atoms with E-state index in [1.54, 1.807) is 52.0 Å². The van der Waals surface area contributed by atoms with Gasteiger partial charge in [-0.15, -0.1) is 0 Å². The highest BCUT2D eigenvalue weighted by Crippen LogP contribution is 2.51. The molecule has 0 aliphatic carbocycles. The van der Waals surface area contributed by atoms with E-state index in [0.29, 0.717) is 11.1 Å². The lowest BCUT2D eigenvalue weighted by atomic mass is 10.0. The van der Waals surface area contributed by atoms with E-state index in [4.69, 9.17) is 14.2 Å². The quantitative estimate of drug-likeness (QED) is 0.612. The number of carboxylic acid groups (broad SMARTS) is 1. The molecule has 2 N–H and O–H groups in total. The van der Waals surface area contributed by atoms with Gasteiger partial charge in [0, 0.05) is 5.56 Å². The van der Waals surface area contributed by atoms with E-state index < -0.39 is 25.5 Å². The van der Waals surface area contributed by atoms with E-state index in [9.17, 15) is 14.2 Å². The third kappa shape index (κ3) is 6.61. The number of carboxylic acids is 1. The molecule has 0 unspecified atom stereocenters. The molecule has 0 fully saturated rings. The van der Waals surface area contributed by atoms with Crippen molar-refractivity contribution in [1.82, 2.24) is 5.32 Å². The van der Waals surface area contributed by atoms with Gasteiger partial charge < -0.3 is 19.5 Å². The maximum Gasteiger partial charge on any atom is 0.335 e. The van der Waals surface area contributed by atoms with E-state index in [-0.39, 0.29) is 25.3 Å². The first kappa shape index (κ1) is 21.4. The van der Waals surface area contributed by atoms with E-state index in [2.05, 4.69) is 5.32 Å². The molecule has 0 spiro atoms. The molecule has 140 valence electrons. The average molecular weight is 371 g/mol. The van der Waals surface area contributed by atoms with Crippen LogP contribution in [0.25, 0.3) is 0 Å². The molecule has 1 aromatic rings. The highest BCUT2D eigenvalue weighted by atomic mass is 31.2. The van der Waals surface area contributed by atoms with Crippen LogP contribution < -0.4 is 5.32 Å². The molecule has 0 saturated carbocycles. The third-order valence-electron chi connectivity index (χ3n) is 3.46. The van der Waals surface area contributed by atoms with Crippen molar-refractivity contribution in [2.24, 2.45) is 5.92 Å². The van der Waals surface area contributed by atoms with Gasteiger partial charge in [-0.1, -0.05) is 26.0 Å². The topological polar surface area (TPSA) is 102 Å². The minimum atomic E-state index is -3.21. The van der Waals surface area contributed by atoms with Crippen molar-refractivity contribution < 1.29 is 28.3 Å². The molecular formula is C17H26NO6P. The zero-order valence-corrected chi connectivity index (χ0v) is 15.9. The van der Waals surface area contributed by atoms with Crippen LogP contribution in [0.3, 0.4) is 0 Å². The number of amides is 1. The molecule has 0 aliphatic rings. The predicted molar refractivity (Wildman–Crippen MR) is 94.7 cm³/mol. The molecule has 0 heterocycles. The van der Waals surface area contributed by atoms with Crippen LogP contribution >= 0.6 is 7.60 Å². The fraction of sp³-hybridized carbons (Fsp3) is 0.529. The highest BCUT2D eigenvalue weighted by Gasteiger charge is 2.25. The van der Waals surface area contributed by atoms with Crippen molar-refractivity contribution in [2.45, 2.75) is 39.9 Å². The zero-order chi connectivity index (χ0) is 19.0. The Morgan fingerprint density at radius 2 is 1.64 bits per heavy atom. The van der Waals surface area contributed by atoms with Crippen LogP contribution in [0.1, 0.15) is 43.6 Å². The predicted octanol–water partition coefficient (Wildman–Crippen LogP) is 3.29. The van der Waals surface area contributed by atoms with E-state index >= 15 is 0 Å². The third-order valence-corrected chi connectivity index (χ3v) is 5.52.